The van der Waals surface area contributed by atoms with E-state index in [4.69, 9.17) is 5.26 Å². The van der Waals surface area contributed by atoms with Crippen molar-refractivity contribution >= 4 is 5.82 Å². The Morgan fingerprint density at radius 1 is 1.27 bits per heavy atom. The van der Waals surface area contributed by atoms with E-state index >= 15 is 0 Å². The van der Waals surface area contributed by atoms with Crippen LogP contribution in [-0.2, 0) is 6.54 Å². The number of rotatable bonds is 5. The lowest BCUT2D eigenvalue weighted by molar-refractivity contribution is 0.319. The van der Waals surface area contributed by atoms with Gasteiger partial charge < -0.3 is 5.32 Å². The van der Waals surface area contributed by atoms with Crippen LogP contribution in [0.3, 0.4) is 0 Å². The van der Waals surface area contributed by atoms with E-state index in [0.29, 0.717) is 5.92 Å². The molecule has 0 bridgehead atoms. The molecular weight excluding hydrogens is 272 g/mol. The zero-order chi connectivity index (χ0) is 15.2. The Morgan fingerprint density at radius 2 is 2.23 bits per heavy atom. The molecule has 1 atom stereocenters. The molecule has 2 heterocycles. The number of hydrogen-bond acceptors (Lipinski definition) is 4. The van der Waals surface area contributed by atoms with Gasteiger partial charge in [0.1, 0.15) is 5.82 Å². The van der Waals surface area contributed by atoms with Crippen molar-refractivity contribution in [3.8, 4) is 6.07 Å². The molecule has 1 N–H and O–H groups in total. The number of pyridine rings is 1. The highest BCUT2D eigenvalue weighted by molar-refractivity contribution is 5.33. The van der Waals surface area contributed by atoms with E-state index in [1.54, 1.807) is 0 Å². The predicted octanol–water partition coefficient (Wildman–Crippen LogP) is 2.89. The van der Waals surface area contributed by atoms with Gasteiger partial charge in [-0.25, -0.2) is 4.98 Å². The molecule has 0 spiro atoms. The summed E-state index contributed by atoms with van der Waals surface area (Å²) < 4.78 is 0. The summed E-state index contributed by atoms with van der Waals surface area (Å²) in [5, 5.41) is 12.4. The van der Waals surface area contributed by atoms with Crippen molar-refractivity contribution in [1.82, 2.24) is 9.88 Å². The largest absolute Gasteiger partial charge is 0.370 e. The zero-order valence-electron chi connectivity index (χ0n) is 12.6. The molecular formula is C18H20N4. The van der Waals surface area contributed by atoms with Crippen molar-refractivity contribution in [2.75, 3.05) is 25.0 Å². The molecule has 1 aliphatic rings. The van der Waals surface area contributed by atoms with Crippen molar-refractivity contribution in [2.24, 2.45) is 5.92 Å². The Morgan fingerprint density at radius 3 is 3.05 bits per heavy atom. The van der Waals surface area contributed by atoms with E-state index in [2.05, 4.69) is 27.3 Å². The van der Waals surface area contributed by atoms with Crippen LogP contribution in [0.5, 0.6) is 0 Å². The standard InChI is InChI=1S/C18H20N4/c19-11-15-4-3-5-16(10-15)13-22-9-7-17(14-22)12-21-18-6-1-2-8-20-18/h1-6,8,10,17H,7,9,12-14H2,(H,20,21)/t17-/m0/s1. The second-order valence-corrected chi connectivity index (χ2v) is 5.80. The van der Waals surface area contributed by atoms with E-state index in [-0.39, 0.29) is 0 Å². The van der Waals surface area contributed by atoms with Crippen molar-refractivity contribution < 1.29 is 0 Å². The summed E-state index contributed by atoms with van der Waals surface area (Å²) in [7, 11) is 0. The minimum Gasteiger partial charge on any atom is -0.370 e. The van der Waals surface area contributed by atoms with Gasteiger partial charge in [-0.1, -0.05) is 18.2 Å². The molecule has 2 aromatic rings. The zero-order valence-corrected chi connectivity index (χ0v) is 12.6. The number of nitrogens with zero attached hydrogens (tertiary/aromatic N) is 3. The molecule has 1 saturated heterocycles. The smallest absolute Gasteiger partial charge is 0.125 e. The number of hydrogen-bond donors (Lipinski definition) is 1. The number of anilines is 1. The molecule has 0 aliphatic carbocycles. The van der Waals surface area contributed by atoms with Crippen LogP contribution in [-0.4, -0.2) is 29.5 Å². The van der Waals surface area contributed by atoms with E-state index in [0.717, 1.165) is 37.6 Å². The Balaban J connectivity index is 1.49. The molecule has 1 aromatic carbocycles. The normalized spacial score (nSPS) is 18.0. The molecule has 0 unspecified atom stereocenters. The van der Waals surface area contributed by atoms with Gasteiger partial charge in [-0.15, -0.1) is 0 Å². The topological polar surface area (TPSA) is 52.0 Å². The first-order chi connectivity index (χ1) is 10.8. The first kappa shape index (κ1) is 14.6. The van der Waals surface area contributed by atoms with Crippen LogP contribution in [0, 0.1) is 17.2 Å². The van der Waals surface area contributed by atoms with Gasteiger partial charge in [-0.2, -0.15) is 5.26 Å². The molecule has 0 saturated carbocycles. The van der Waals surface area contributed by atoms with Gasteiger partial charge >= 0.3 is 0 Å². The monoisotopic (exact) mass is 292 g/mol. The second-order valence-electron chi connectivity index (χ2n) is 5.80. The lowest BCUT2D eigenvalue weighted by Gasteiger charge is -2.16. The quantitative estimate of drug-likeness (QED) is 0.920. The molecule has 4 nitrogen and oxygen atoms in total. The number of aromatic nitrogens is 1. The third kappa shape index (κ3) is 3.84. The van der Waals surface area contributed by atoms with Gasteiger partial charge in [-0.05, 0) is 48.7 Å². The highest BCUT2D eigenvalue weighted by Crippen LogP contribution is 2.19. The summed E-state index contributed by atoms with van der Waals surface area (Å²) in [4.78, 5) is 6.75. The maximum absolute atomic E-state index is 8.97. The summed E-state index contributed by atoms with van der Waals surface area (Å²) in [6.07, 6.45) is 3.02. The predicted molar refractivity (Wildman–Crippen MR) is 87.3 cm³/mol. The van der Waals surface area contributed by atoms with Crippen molar-refractivity contribution in [2.45, 2.75) is 13.0 Å². The third-order valence-corrected chi connectivity index (χ3v) is 4.07. The van der Waals surface area contributed by atoms with E-state index in [1.165, 1.54) is 12.0 Å². The van der Waals surface area contributed by atoms with Crippen LogP contribution in [0.1, 0.15) is 17.5 Å². The van der Waals surface area contributed by atoms with Crippen LogP contribution in [0.4, 0.5) is 5.82 Å². The average molecular weight is 292 g/mol. The number of nitrogens with one attached hydrogen (secondary N) is 1. The Kier molecular flexibility index (Phi) is 4.67. The molecule has 1 fully saturated rings. The maximum Gasteiger partial charge on any atom is 0.125 e. The lowest BCUT2D eigenvalue weighted by Crippen LogP contribution is -2.22. The molecule has 1 aromatic heterocycles. The number of nitriles is 1. The van der Waals surface area contributed by atoms with Gasteiger partial charge in [-0.3, -0.25) is 4.90 Å². The Labute approximate surface area is 131 Å². The summed E-state index contributed by atoms with van der Waals surface area (Å²) >= 11 is 0. The average Bonchev–Trinajstić information content (AvgIpc) is 3.01. The Hall–Kier alpha value is -2.38. The first-order valence-corrected chi connectivity index (χ1v) is 7.70. The fourth-order valence-corrected chi connectivity index (χ4v) is 2.94. The second kappa shape index (κ2) is 7.06. The Bertz CT molecular complexity index is 648. The molecule has 0 radical (unpaired) electrons. The summed E-state index contributed by atoms with van der Waals surface area (Å²) in [5.74, 6) is 1.60. The number of likely N-dealkylation sites (tertiary alicyclic amines) is 1. The van der Waals surface area contributed by atoms with Crippen LogP contribution >= 0.6 is 0 Å². The summed E-state index contributed by atoms with van der Waals surface area (Å²) in [6, 6.07) is 16.0. The van der Waals surface area contributed by atoms with E-state index in [1.807, 2.05) is 42.6 Å². The van der Waals surface area contributed by atoms with Crippen molar-refractivity contribution in [3.63, 3.8) is 0 Å². The molecule has 112 valence electrons. The van der Waals surface area contributed by atoms with E-state index < -0.39 is 0 Å². The molecule has 4 heteroatoms. The first-order valence-electron chi connectivity index (χ1n) is 7.70. The highest BCUT2D eigenvalue weighted by atomic mass is 15.1. The fourth-order valence-electron chi connectivity index (χ4n) is 2.94. The SMILES string of the molecule is N#Cc1cccc(CN2CC[C@@H](CNc3ccccn3)C2)c1. The molecule has 22 heavy (non-hydrogen) atoms. The molecule has 1 aliphatic heterocycles. The van der Waals surface area contributed by atoms with Gasteiger partial charge in [0.2, 0.25) is 0 Å². The summed E-state index contributed by atoms with van der Waals surface area (Å²) in [6.45, 7) is 4.10. The van der Waals surface area contributed by atoms with Crippen molar-refractivity contribution in [3.05, 3.63) is 59.8 Å². The highest BCUT2D eigenvalue weighted by Gasteiger charge is 2.22. The van der Waals surface area contributed by atoms with Crippen molar-refractivity contribution in [1.29, 1.82) is 5.26 Å². The van der Waals surface area contributed by atoms with Crippen LogP contribution in [0.25, 0.3) is 0 Å². The van der Waals surface area contributed by atoms with Crippen LogP contribution < -0.4 is 5.32 Å². The van der Waals surface area contributed by atoms with E-state index in [9.17, 15) is 0 Å². The van der Waals surface area contributed by atoms with Crippen LogP contribution in [0.2, 0.25) is 0 Å². The molecule has 3 rings (SSSR count). The summed E-state index contributed by atoms with van der Waals surface area (Å²) in [5.41, 5.74) is 1.96. The minimum atomic E-state index is 0.654. The third-order valence-electron chi connectivity index (χ3n) is 4.07. The van der Waals surface area contributed by atoms with Gasteiger partial charge in [0.05, 0.1) is 11.6 Å². The lowest BCUT2D eigenvalue weighted by atomic mass is 10.1. The number of benzene rings is 1. The van der Waals surface area contributed by atoms with Gasteiger partial charge in [0.15, 0.2) is 0 Å². The van der Waals surface area contributed by atoms with Gasteiger partial charge in [0.25, 0.3) is 0 Å². The minimum absolute atomic E-state index is 0.654. The molecule has 0 amide bonds. The maximum atomic E-state index is 8.97. The van der Waals surface area contributed by atoms with Gasteiger partial charge in [0, 0.05) is 25.8 Å². The van der Waals surface area contributed by atoms with Crippen LogP contribution in [0.15, 0.2) is 48.7 Å². The fraction of sp³-hybridized carbons (Fsp3) is 0.333.